The molecule has 1 fully saturated rings. The minimum atomic E-state index is -0.650. The highest BCUT2D eigenvalue weighted by Crippen LogP contribution is 2.41. The summed E-state index contributed by atoms with van der Waals surface area (Å²) in [7, 11) is 2.01. The van der Waals surface area contributed by atoms with Crippen LogP contribution < -0.4 is 15.5 Å². The molecule has 2 aliphatic heterocycles. The van der Waals surface area contributed by atoms with Crippen LogP contribution in [-0.2, 0) is 9.59 Å². The minimum absolute atomic E-state index is 0.0710. The Hall–Kier alpha value is -3.58. The van der Waals surface area contributed by atoms with E-state index >= 15 is 0 Å². The van der Waals surface area contributed by atoms with Crippen LogP contribution in [0.3, 0.4) is 0 Å². The summed E-state index contributed by atoms with van der Waals surface area (Å²) < 4.78 is 0. The van der Waals surface area contributed by atoms with Crippen LogP contribution >= 0.6 is 11.6 Å². The van der Waals surface area contributed by atoms with Crippen molar-refractivity contribution in [1.29, 1.82) is 0 Å². The Kier molecular flexibility index (Phi) is 6.00. The number of nitrogens with zero attached hydrogens (tertiary/aromatic N) is 2. The number of urea groups is 1. The van der Waals surface area contributed by atoms with Crippen molar-refractivity contribution in [2.45, 2.75) is 33.2 Å². The second-order valence-electron chi connectivity index (χ2n) is 9.17. The molecule has 0 atom stereocenters. The van der Waals surface area contributed by atoms with Crippen molar-refractivity contribution in [2.75, 3.05) is 23.8 Å². The van der Waals surface area contributed by atoms with Crippen LogP contribution in [0.5, 0.6) is 0 Å². The maximum atomic E-state index is 12.9. The van der Waals surface area contributed by atoms with E-state index < -0.39 is 24.4 Å². The number of amides is 4. The highest BCUT2D eigenvalue weighted by molar-refractivity contribution is 6.32. The zero-order chi connectivity index (χ0) is 24.8. The van der Waals surface area contributed by atoms with Gasteiger partial charge in [-0.1, -0.05) is 35.9 Å². The molecule has 2 aliphatic rings. The summed E-state index contributed by atoms with van der Waals surface area (Å²) in [4.78, 5) is 40.9. The van der Waals surface area contributed by atoms with E-state index in [2.05, 4.69) is 35.5 Å². The van der Waals surface area contributed by atoms with E-state index in [-0.39, 0.29) is 11.2 Å². The number of para-hydroxylation sites is 1. The predicted molar refractivity (Wildman–Crippen MR) is 136 cm³/mol. The molecule has 0 bridgehead atoms. The van der Waals surface area contributed by atoms with E-state index in [0.29, 0.717) is 16.3 Å². The molecule has 2 N–H and O–H groups in total. The Morgan fingerprint density at radius 2 is 1.88 bits per heavy atom. The van der Waals surface area contributed by atoms with E-state index in [1.165, 1.54) is 0 Å². The predicted octanol–water partition coefficient (Wildman–Crippen LogP) is 4.81. The molecule has 4 amide bonds. The monoisotopic (exact) mass is 478 g/mol. The van der Waals surface area contributed by atoms with Gasteiger partial charge in [-0.05, 0) is 68.7 Å². The van der Waals surface area contributed by atoms with Gasteiger partial charge >= 0.3 is 6.03 Å². The molecule has 176 valence electrons. The number of hydrogen-bond donors (Lipinski definition) is 2. The second-order valence-corrected chi connectivity index (χ2v) is 9.58. The number of allylic oxidation sites excluding steroid dienone is 1. The molecule has 2 aromatic rings. The van der Waals surface area contributed by atoms with Gasteiger partial charge in [0.15, 0.2) is 0 Å². The lowest BCUT2D eigenvalue weighted by Crippen LogP contribution is -2.42. The summed E-state index contributed by atoms with van der Waals surface area (Å²) in [6.45, 7) is 7.76. The quantitative estimate of drug-likeness (QED) is 0.488. The molecule has 0 spiro atoms. The number of carbonyl (C=O) groups excluding carboxylic acids is 3. The van der Waals surface area contributed by atoms with Crippen molar-refractivity contribution in [3.8, 4) is 0 Å². The van der Waals surface area contributed by atoms with Crippen LogP contribution in [0.4, 0.5) is 16.2 Å². The van der Waals surface area contributed by atoms with Crippen LogP contribution in [0, 0.1) is 6.92 Å². The minimum Gasteiger partial charge on any atom is -0.365 e. The molecular formula is C26H27ClN4O3. The molecule has 2 aromatic carbocycles. The number of carbonyl (C=O) groups is 3. The first-order valence-electron chi connectivity index (χ1n) is 10.9. The molecule has 0 aliphatic carbocycles. The third-order valence-corrected chi connectivity index (χ3v) is 6.65. The van der Waals surface area contributed by atoms with E-state index in [0.717, 1.165) is 27.3 Å². The van der Waals surface area contributed by atoms with Crippen molar-refractivity contribution in [2.24, 2.45) is 0 Å². The number of rotatable bonds is 4. The smallest absolute Gasteiger partial charge is 0.329 e. The summed E-state index contributed by atoms with van der Waals surface area (Å²) in [5.74, 6) is -1.04. The molecule has 0 radical (unpaired) electrons. The highest BCUT2D eigenvalue weighted by Gasteiger charge is 2.35. The molecule has 34 heavy (non-hydrogen) atoms. The number of anilines is 2. The number of benzene rings is 2. The van der Waals surface area contributed by atoms with Crippen LogP contribution in [0.25, 0.3) is 11.6 Å². The number of fused-ring (bicyclic) bond motifs is 1. The third-order valence-electron chi connectivity index (χ3n) is 6.32. The molecule has 7 nitrogen and oxygen atoms in total. The maximum Gasteiger partial charge on any atom is 0.329 e. The van der Waals surface area contributed by atoms with Gasteiger partial charge in [0.2, 0.25) is 5.91 Å². The summed E-state index contributed by atoms with van der Waals surface area (Å²) in [6, 6.07) is 10.4. The standard InChI is InChI=1S/C26H27ClN4O3/c1-15-8-6-7-9-20(15)28-23(32)14-31-24(33)21(29-25(31)34)11-17-10-18-16(2)13-26(3,4)30(5)22(18)12-19(17)27/h6-13H,14H2,1-5H3,(H,28,32)(H,29,34)/b21-11+. The molecular weight excluding hydrogens is 452 g/mol. The molecule has 0 unspecified atom stereocenters. The van der Waals surface area contributed by atoms with Gasteiger partial charge < -0.3 is 15.5 Å². The first-order chi connectivity index (χ1) is 16.0. The second kappa shape index (κ2) is 8.65. The van der Waals surface area contributed by atoms with Crippen molar-refractivity contribution in [3.05, 3.63) is 69.9 Å². The number of imide groups is 1. The lowest BCUT2D eigenvalue weighted by atomic mass is 9.88. The van der Waals surface area contributed by atoms with Crippen molar-refractivity contribution < 1.29 is 14.4 Å². The number of halogens is 1. The summed E-state index contributed by atoms with van der Waals surface area (Å²) in [6.07, 6.45) is 3.73. The third kappa shape index (κ3) is 4.31. The first kappa shape index (κ1) is 23.6. The van der Waals surface area contributed by atoms with E-state index in [4.69, 9.17) is 11.6 Å². The van der Waals surface area contributed by atoms with E-state index in [9.17, 15) is 14.4 Å². The lowest BCUT2D eigenvalue weighted by molar-refractivity contribution is -0.127. The van der Waals surface area contributed by atoms with E-state index in [1.54, 1.807) is 18.2 Å². The largest absolute Gasteiger partial charge is 0.365 e. The summed E-state index contributed by atoms with van der Waals surface area (Å²) in [5, 5.41) is 5.75. The average Bonchev–Trinajstić information content (AvgIpc) is 3.02. The van der Waals surface area contributed by atoms with Crippen LogP contribution in [-0.4, -0.2) is 41.9 Å². The zero-order valence-electron chi connectivity index (χ0n) is 19.8. The Bertz CT molecular complexity index is 1280. The zero-order valence-corrected chi connectivity index (χ0v) is 20.6. The Labute approximate surface area is 204 Å². The van der Waals surface area contributed by atoms with Gasteiger partial charge in [-0.2, -0.15) is 0 Å². The molecule has 0 saturated carbocycles. The van der Waals surface area contributed by atoms with Crippen molar-refractivity contribution >= 4 is 52.5 Å². The topological polar surface area (TPSA) is 81.8 Å². The van der Waals surface area contributed by atoms with E-state index in [1.807, 2.05) is 45.2 Å². The number of nitrogens with one attached hydrogen (secondary N) is 2. The fourth-order valence-corrected chi connectivity index (χ4v) is 4.43. The van der Waals surface area contributed by atoms with Gasteiger partial charge in [0.05, 0.1) is 5.54 Å². The Morgan fingerprint density at radius 1 is 1.18 bits per heavy atom. The summed E-state index contributed by atoms with van der Waals surface area (Å²) in [5.41, 5.74) is 5.14. The Morgan fingerprint density at radius 3 is 2.59 bits per heavy atom. The highest BCUT2D eigenvalue weighted by atomic mass is 35.5. The molecule has 8 heteroatoms. The molecule has 1 saturated heterocycles. The van der Waals surface area contributed by atoms with Crippen LogP contribution in [0.2, 0.25) is 5.02 Å². The number of hydrogen-bond acceptors (Lipinski definition) is 4. The van der Waals surface area contributed by atoms with Crippen molar-refractivity contribution in [1.82, 2.24) is 10.2 Å². The lowest BCUT2D eigenvalue weighted by Gasteiger charge is -2.40. The van der Waals surface area contributed by atoms with Gasteiger partial charge in [0.1, 0.15) is 12.2 Å². The fourth-order valence-electron chi connectivity index (χ4n) is 4.22. The van der Waals surface area contributed by atoms with Gasteiger partial charge in [-0.25, -0.2) is 9.69 Å². The maximum absolute atomic E-state index is 12.9. The van der Waals surface area contributed by atoms with Gasteiger partial charge in [0, 0.05) is 29.0 Å². The normalized spacial score (nSPS) is 18.1. The van der Waals surface area contributed by atoms with Gasteiger partial charge in [-0.3, -0.25) is 9.59 Å². The first-order valence-corrected chi connectivity index (χ1v) is 11.3. The van der Waals surface area contributed by atoms with Crippen molar-refractivity contribution in [3.63, 3.8) is 0 Å². The van der Waals surface area contributed by atoms with Crippen LogP contribution in [0.15, 0.2) is 48.2 Å². The Balaban J connectivity index is 1.56. The fraction of sp³-hybridized carbons (Fsp3) is 0.269. The number of likely N-dealkylation sites (N-methyl/N-ethyl adjacent to an activating group) is 1. The van der Waals surface area contributed by atoms with Gasteiger partial charge in [-0.15, -0.1) is 0 Å². The number of aryl methyl sites for hydroxylation is 1. The molecule has 0 aromatic heterocycles. The molecule has 2 heterocycles. The summed E-state index contributed by atoms with van der Waals surface area (Å²) >= 11 is 6.56. The SMILES string of the molecule is CC1=CC(C)(C)N(C)c2cc(Cl)c(/C=C3/NC(=O)N(CC(=O)Nc4ccccc4C)C3=O)cc21. The van der Waals surface area contributed by atoms with Gasteiger partial charge in [0.25, 0.3) is 5.91 Å². The molecule has 4 rings (SSSR count). The average molecular weight is 479 g/mol. The van der Waals surface area contributed by atoms with Crippen LogP contribution in [0.1, 0.15) is 37.5 Å².